The Labute approximate surface area is 163 Å². The van der Waals surface area contributed by atoms with Crippen molar-refractivity contribution in [2.24, 2.45) is 0 Å². The van der Waals surface area contributed by atoms with Crippen LogP contribution in [0.15, 0.2) is 91.0 Å². The standard InChI is InChI=1S/C20H18N2O2S2/c23-19(22(25)26)24-21-20(16-10-4-1-5-11-16,17-12-6-2-7-13-17)18-14-8-3-9-15-18/h1-15,21,25-26H. The molecule has 4 nitrogen and oxygen atoms in total. The van der Waals surface area contributed by atoms with Gasteiger partial charge in [0, 0.05) is 0 Å². The van der Waals surface area contributed by atoms with Crippen molar-refractivity contribution in [3.05, 3.63) is 108 Å². The minimum Gasteiger partial charge on any atom is -0.351 e. The number of benzene rings is 3. The van der Waals surface area contributed by atoms with Gasteiger partial charge in [-0.25, -0.2) is 4.79 Å². The Morgan fingerprint density at radius 1 is 0.731 bits per heavy atom. The Morgan fingerprint density at radius 2 is 1.08 bits per heavy atom. The van der Waals surface area contributed by atoms with Crippen LogP contribution in [0.1, 0.15) is 16.7 Å². The number of carbonyl (C=O) groups excluding carboxylic acids is 1. The molecule has 0 heterocycles. The molecule has 3 aromatic rings. The third-order valence-electron chi connectivity index (χ3n) is 4.08. The van der Waals surface area contributed by atoms with Crippen LogP contribution in [0, 0.1) is 0 Å². The number of amides is 1. The molecule has 0 bridgehead atoms. The summed E-state index contributed by atoms with van der Waals surface area (Å²) < 4.78 is 0.777. The molecule has 0 aromatic heterocycles. The number of carbonyl (C=O) groups is 1. The largest absolute Gasteiger partial charge is 0.448 e. The van der Waals surface area contributed by atoms with Crippen molar-refractivity contribution in [3.8, 4) is 0 Å². The van der Waals surface area contributed by atoms with Crippen molar-refractivity contribution in [2.75, 3.05) is 0 Å². The summed E-state index contributed by atoms with van der Waals surface area (Å²) in [6, 6.07) is 29.4. The molecule has 0 radical (unpaired) electrons. The SMILES string of the molecule is O=C(ONC(c1ccccc1)(c1ccccc1)c1ccccc1)N(S)S. The van der Waals surface area contributed by atoms with Crippen LogP contribution in [0.2, 0.25) is 0 Å². The van der Waals surface area contributed by atoms with E-state index in [0.717, 1.165) is 20.4 Å². The van der Waals surface area contributed by atoms with Crippen LogP contribution < -0.4 is 5.48 Å². The summed E-state index contributed by atoms with van der Waals surface area (Å²) in [5.74, 6) is 0. The zero-order valence-electron chi connectivity index (χ0n) is 13.8. The lowest BCUT2D eigenvalue weighted by atomic mass is 9.78. The van der Waals surface area contributed by atoms with Gasteiger partial charge >= 0.3 is 6.09 Å². The second-order valence-electron chi connectivity index (χ2n) is 5.61. The molecule has 0 aliphatic heterocycles. The smallest absolute Gasteiger partial charge is 0.351 e. The topological polar surface area (TPSA) is 41.6 Å². The number of hydroxylamine groups is 1. The number of nitrogens with zero attached hydrogens (tertiary/aromatic N) is 1. The molecule has 0 fully saturated rings. The van der Waals surface area contributed by atoms with E-state index in [-0.39, 0.29) is 0 Å². The molecule has 0 saturated carbocycles. The minimum absolute atomic E-state index is 0.733. The molecule has 0 aliphatic carbocycles. The lowest BCUT2D eigenvalue weighted by Crippen LogP contribution is -2.46. The summed E-state index contributed by atoms with van der Waals surface area (Å²) >= 11 is 7.74. The molecule has 3 rings (SSSR count). The lowest BCUT2D eigenvalue weighted by molar-refractivity contribution is 0.0516. The number of rotatable bonds is 5. The zero-order valence-corrected chi connectivity index (χ0v) is 15.6. The molecule has 132 valence electrons. The normalized spacial score (nSPS) is 11.0. The van der Waals surface area contributed by atoms with Crippen molar-refractivity contribution >= 4 is 31.7 Å². The van der Waals surface area contributed by atoms with Gasteiger partial charge in [0.05, 0.1) is 0 Å². The number of hydrogen-bond donors (Lipinski definition) is 3. The van der Waals surface area contributed by atoms with E-state index in [4.69, 9.17) is 4.84 Å². The van der Waals surface area contributed by atoms with Gasteiger partial charge in [-0.15, -0.1) is 5.48 Å². The van der Waals surface area contributed by atoms with Gasteiger partial charge in [0.15, 0.2) is 0 Å². The van der Waals surface area contributed by atoms with E-state index in [0.29, 0.717) is 0 Å². The van der Waals surface area contributed by atoms with E-state index < -0.39 is 11.6 Å². The van der Waals surface area contributed by atoms with Crippen molar-refractivity contribution in [1.29, 1.82) is 0 Å². The highest BCUT2D eigenvalue weighted by Crippen LogP contribution is 2.36. The van der Waals surface area contributed by atoms with Crippen LogP contribution in [0.25, 0.3) is 0 Å². The first-order valence-corrected chi connectivity index (χ1v) is 8.77. The Kier molecular flexibility index (Phi) is 5.88. The first-order chi connectivity index (χ1) is 12.6. The summed E-state index contributed by atoms with van der Waals surface area (Å²) in [5.41, 5.74) is 4.86. The van der Waals surface area contributed by atoms with Gasteiger partial charge in [0.1, 0.15) is 5.54 Å². The van der Waals surface area contributed by atoms with Gasteiger partial charge in [-0.1, -0.05) is 91.0 Å². The molecule has 1 N–H and O–H groups in total. The highest BCUT2D eigenvalue weighted by Gasteiger charge is 2.38. The average molecular weight is 383 g/mol. The van der Waals surface area contributed by atoms with Crippen LogP contribution in [0.3, 0.4) is 0 Å². The molecule has 0 saturated heterocycles. The fourth-order valence-electron chi connectivity index (χ4n) is 2.90. The van der Waals surface area contributed by atoms with Crippen molar-refractivity contribution in [3.63, 3.8) is 0 Å². The predicted molar refractivity (Wildman–Crippen MR) is 109 cm³/mol. The van der Waals surface area contributed by atoms with Crippen molar-refractivity contribution in [2.45, 2.75) is 5.54 Å². The quantitative estimate of drug-likeness (QED) is 0.343. The number of hydrogen-bond acceptors (Lipinski definition) is 5. The molecular formula is C20H18N2O2S2. The van der Waals surface area contributed by atoms with Gasteiger partial charge in [-0.3, -0.25) is 0 Å². The van der Waals surface area contributed by atoms with Crippen LogP contribution in [-0.2, 0) is 10.4 Å². The molecule has 3 aromatic carbocycles. The van der Waals surface area contributed by atoms with E-state index in [2.05, 4.69) is 31.1 Å². The predicted octanol–water partition coefficient (Wildman–Crippen LogP) is 4.61. The van der Waals surface area contributed by atoms with Crippen LogP contribution in [-0.4, -0.2) is 9.80 Å². The molecule has 0 spiro atoms. The molecular weight excluding hydrogens is 364 g/mol. The fourth-order valence-corrected chi connectivity index (χ4v) is 2.98. The Hall–Kier alpha value is -2.41. The average Bonchev–Trinajstić information content (AvgIpc) is 2.70. The van der Waals surface area contributed by atoms with E-state index in [1.54, 1.807) is 0 Å². The van der Waals surface area contributed by atoms with Crippen molar-refractivity contribution in [1.82, 2.24) is 9.19 Å². The summed E-state index contributed by atoms with van der Waals surface area (Å²) in [6.07, 6.45) is -0.733. The van der Waals surface area contributed by atoms with E-state index in [9.17, 15) is 4.79 Å². The van der Waals surface area contributed by atoms with Crippen LogP contribution in [0.4, 0.5) is 4.79 Å². The number of thiol groups is 2. The Morgan fingerprint density at radius 3 is 1.38 bits per heavy atom. The van der Waals surface area contributed by atoms with Crippen LogP contribution in [0.5, 0.6) is 0 Å². The third-order valence-corrected chi connectivity index (χ3v) is 4.40. The van der Waals surface area contributed by atoms with Gasteiger partial charge < -0.3 is 4.84 Å². The van der Waals surface area contributed by atoms with Gasteiger partial charge in [0.2, 0.25) is 0 Å². The van der Waals surface area contributed by atoms with E-state index in [1.165, 1.54) is 0 Å². The maximum absolute atomic E-state index is 12.0. The zero-order chi connectivity index (χ0) is 18.4. The maximum atomic E-state index is 12.0. The molecule has 1 amide bonds. The summed E-state index contributed by atoms with van der Waals surface area (Å²) in [4.78, 5) is 17.3. The fraction of sp³-hybridized carbons (Fsp3) is 0.0500. The maximum Gasteiger partial charge on any atom is 0.448 e. The highest BCUT2D eigenvalue weighted by molar-refractivity contribution is 7.94. The lowest BCUT2D eigenvalue weighted by Gasteiger charge is -2.35. The second-order valence-corrected chi connectivity index (χ2v) is 6.72. The molecule has 0 unspecified atom stereocenters. The first-order valence-electron chi connectivity index (χ1n) is 7.97. The Balaban J connectivity index is 2.19. The highest BCUT2D eigenvalue weighted by atomic mass is 32.2. The minimum atomic E-state index is -0.892. The second kappa shape index (κ2) is 8.31. The molecule has 6 heteroatoms. The molecule has 0 aliphatic rings. The van der Waals surface area contributed by atoms with Gasteiger partial charge in [-0.05, 0) is 42.3 Å². The van der Waals surface area contributed by atoms with Crippen LogP contribution >= 0.6 is 25.6 Å². The molecule has 26 heavy (non-hydrogen) atoms. The summed E-state index contributed by atoms with van der Waals surface area (Å²) in [5, 5.41) is 0. The summed E-state index contributed by atoms with van der Waals surface area (Å²) in [7, 11) is 0. The third kappa shape index (κ3) is 3.72. The van der Waals surface area contributed by atoms with Gasteiger partial charge in [-0.2, -0.15) is 3.71 Å². The number of nitrogens with one attached hydrogen (secondary N) is 1. The van der Waals surface area contributed by atoms with E-state index >= 15 is 0 Å². The molecule has 0 atom stereocenters. The first kappa shape index (κ1) is 18.4. The van der Waals surface area contributed by atoms with Crippen molar-refractivity contribution < 1.29 is 9.63 Å². The Bertz CT molecular complexity index is 747. The summed E-state index contributed by atoms with van der Waals surface area (Å²) in [6.45, 7) is 0. The van der Waals surface area contributed by atoms with Gasteiger partial charge in [0.25, 0.3) is 0 Å². The van der Waals surface area contributed by atoms with E-state index in [1.807, 2.05) is 91.0 Å². The monoisotopic (exact) mass is 382 g/mol.